The number of fused-ring (bicyclic) bond motifs is 4. The van der Waals surface area contributed by atoms with Gasteiger partial charge < -0.3 is 24.4 Å². The Labute approximate surface area is 419 Å². The van der Waals surface area contributed by atoms with Gasteiger partial charge in [0.1, 0.15) is 41.6 Å². The number of aryl methyl sites for hydroxylation is 2. The van der Waals surface area contributed by atoms with Crippen molar-refractivity contribution in [3.63, 3.8) is 0 Å². The van der Waals surface area contributed by atoms with Crippen molar-refractivity contribution in [1.29, 1.82) is 0 Å². The number of anilines is 1. The molecule has 1 N–H and O–H groups in total. The third-order valence-corrected chi connectivity index (χ3v) is 14.9. The lowest BCUT2D eigenvalue weighted by molar-refractivity contribution is -0.122. The fraction of sp³-hybridized carbons (Fsp3) is 0.404. The van der Waals surface area contributed by atoms with E-state index in [2.05, 4.69) is 48.3 Å². The van der Waals surface area contributed by atoms with Crippen LogP contribution in [0.15, 0.2) is 119 Å². The number of rotatable bonds is 2. The van der Waals surface area contributed by atoms with Crippen molar-refractivity contribution < 1.29 is 41.8 Å². The third kappa shape index (κ3) is 12.7. The maximum Gasteiger partial charge on any atom is 0.246 e. The highest BCUT2D eigenvalue weighted by Crippen LogP contribution is 2.44. The highest BCUT2D eigenvalue weighted by Gasteiger charge is 2.41. The summed E-state index contributed by atoms with van der Waals surface area (Å²) in [5.41, 5.74) is 4.79. The number of amides is 1. The highest BCUT2D eigenvalue weighted by molar-refractivity contribution is 8.01. The molecular weight excluding hydrogens is 921 g/mol. The SMILES string of the molecule is CC1(C)C(=O)NCN1c1ccccc1.CC1(C)COc2ccc(S(C)(=O)=O)cc2C1=O.CC1(C)Cc2ccccc2S1.Cc1ccc2c(c1)C(=O)C(C)(C)CO2.Cc1ccc2c(c1)C(=O)CC(C)(C)O2. The van der Waals surface area contributed by atoms with Gasteiger partial charge in [0, 0.05) is 21.6 Å². The van der Waals surface area contributed by atoms with Crippen LogP contribution in [0.4, 0.5) is 5.69 Å². The Kier molecular flexibility index (Phi) is 15.6. The molecule has 0 radical (unpaired) electrons. The predicted octanol–water partition coefficient (Wildman–Crippen LogP) is 11.5. The predicted molar refractivity (Wildman–Crippen MR) is 279 cm³/mol. The number of Topliss-reactive ketones (excluding diaryl/α,β-unsaturated/α-hetero) is 3. The first-order valence-corrected chi connectivity index (χ1v) is 26.2. The minimum Gasteiger partial charge on any atom is -0.492 e. The molecule has 0 bridgehead atoms. The van der Waals surface area contributed by atoms with Crippen LogP contribution in [0, 0.1) is 24.7 Å². The van der Waals surface area contributed by atoms with Crippen LogP contribution in [-0.4, -0.2) is 73.7 Å². The maximum absolute atomic E-state index is 12.1. The van der Waals surface area contributed by atoms with Crippen molar-refractivity contribution in [1.82, 2.24) is 5.32 Å². The fourth-order valence-corrected chi connectivity index (χ4v) is 10.3. The summed E-state index contributed by atoms with van der Waals surface area (Å²) in [6.45, 7) is 25.1. The van der Waals surface area contributed by atoms with Gasteiger partial charge >= 0.3 is 0 Å². The van der Waals surface area contributed by atoms with Crippen LogP contribution in [0.1, 0.15) is 123 Å². The van der Waals surface area contributed by atoms with Gasteiger partial charge in [-0.25, -0.2) is 8.42 Å². The van der Waals surface area contributed by atoms with Gasteiger partial charge in [-0.15, -0.1) is 11.8 Å². The zero-order chi connectivity index (χ0) is 51.6. The molecule has 13 heteroatoms. The van der Waals surface area contributed by atoms with Crippen LogP contribution in [-0.2, 0) is 21.1 Å². The zero-order valence-corrected chi connectivity index (χ0v) is 44.5. The molecular formula is C57H68N2O9S2. The first-order valence-electron chi connectivity index (χ1n) is 23.5. The first-order chi connectivity index (χ1) is 32.5. The molecule has 372 valence electrons. The van der Waals surface area contributed by atoms with Gasteiger partial charge in [0.25, 0.3) is 0 Å². The highest BCUT2D eigenvalue weighted by atomic mass is 32.2. The molecule has 0 spiro atoms. The van der Waals surface area contributed by atoms with E-state index in [0.717, 1.165) is 45.7 Å². The van der Waals surface area contributed by atoms with E-state index in [9.17, 15) is 27.6 Å². The molecule has 5 aliphatic heterocycles. The molecule has 0 aliphatic carbocycles. The van der Waals surface area contributed by atoms with Gasteiger partial charge in [-0.3, -0.25) is 19.2 Å². The quantitative estimate of drug-likeness (QED) is 0.180. The number of nitrogens with zero attached hydrogens (tertiary/aromatic N) is 1. The summed E-state index contributed by atoms with van der Waals surface area (Å²) in [5.74, 6) is 2.27. The topological polar surface area (TPSA) is 145 Å². The van der Waals surface area contributed by atoms with Crippen molar-refractivity contribution in [3.8, 4) is 17.2 Å². The van der Waals surface area contributed by atoms with E-state index in [1.165, 1.54) is 29.0 Å². The van der Waals surface area contributed by atoms with Gasteiger partial charge in [-0.05, 0) is 142 Å². The van der Waals surface area contributed by atoms with Crippen LogP contribution >= 0.6 is 11.8 Å². The molecule has 5 aromatic rings. The van der Waals surface area contributed by atoms with Gasteiger partial charge in [-0.2, -0.15) is 0 Å². The van der Waals surface area contributed by atoms with E-state index in [0.29, 0.717) is 42.4 Å². The summed E-state index contributed by atoms with van der Waals surface area (Å²) in [4.78, 5) is 51.1. The monoisotopic (exact) mass is 988 g/mol. The number of carbonyl (C=O) groups excluding carboxylic acids is 4. The number of sulfone groups is 1. The van der Waals surface area contributed by atoms with Crippen molar-refractivity contribution in [2.24, 2.45) is 10.8 Å². The van der Waals surface area contributed by atoms with E-state index >= 15 is 0 Å². The molecule has 10 rings (SSSR count). The van der Waals surface area contributed by atoms with Crippen molar-refractivity contribution in [2.45, 2.75) is 122 Å². The number of ketones is 3. The molecule has 0 saturated carbocycles. The molecule has 5 aromatic carbocycles. The molecule has 5 aliphatic rings. The van der Waals surface area contributed by atoms with Gasteiger partial charge in [0.05, 0.1) is 45.5 Å². The summed E-state index contributed by atoms with van der Waals surface area (Å²) in [6.07, 6.45) is 2.80. The summed E-state index contributed by atoms with van der Waals surface area (Å²) in [7, 11) is -3.30. The second-order valence-corrected chi connectivity index (χ2v) is 25.3. The number of hydrogen-bond acceptors (Lipinski definition) is 11. The number of carbonyl (C=O) groups is 4. The Morgan fingerprint density at radius 1 is 0.600 bits per heavy atom. The fourth-order valence-electron chi connectivity index (χ4n) is 8.38. The number of benzene rings is 5. The normalized spacial score (nSPS) is 19.0. The van der Waals surface area contributed by atoms with E-state index < -0.39 is 20.8 Å². The second kappa shape index (κ2) is 20.4. The lowest BCUT2D eigenvalue weighted by Gasteiger charge is -2.31. The van der Waals surface area contributed by atoms with Gasteiger partial charge in [0.15, 0.2) is 27.2 Å². The van der Waals surface area contributed by atoms with E-state index in [-0.39, 0.29) is 39.2 Å². The van der Waals surface area contributed by atoms with Gasteiger partial charge in [0.2, 0.25) is 5.91 Å². The molecule has 0 unspecified atom stereocenters. The number of hydrogen-bond donors (Lipinski definition) is 1. The van der Waals surface area contributed by atoms with E-state index in [1.54, 1.807) is 19.9 Å². The van der Waals surface area contributed by atoms with Crippen LogP contribution < -0.4 is 24.4 Å². The van der Waals surface area contributed by atoms with Crippen molar-refractivity contribution >= 4 is 50.5 Å². The van der Waals surface area contributed by atoms with E-state index in [1.807, 2.05) is 134 Å². The molecule has 70 heavy (non-hydrogen) atoms. The van der Waals surface area contributed by atoms with E-state index in [4.69, 9.17) is 14.2 Å². The molecule has 0 atom stereocenters. The van der Waals surface area contributed by atoms with Gasteiger partial charge in [-0.1, -0.05) is 73.5 Å². The Morgan fingerprint density at radius 3 is 1.66 bits per heavy atom. The van der Waals surface area contributed by atoms with Crippen LogP contribution in [0.5, 0.6) is 17.2 Å². The zero-order valence-electron chi connectivity index (χ0n) is 42.9. The minimum atomic E-state index is -3.30. The Balaban J connectivity index is 0.000000144. The number of thioether (sulfide) groups is 1. The lowest BCUT2D eigenvalue weighted by atomic mass is 9.82. The summed E-state index contributed by atoms with van der Waals surface area (Å²) in [5, 5.41) is 2.85. The number of para-hydroxylation sites is 1. The maximum atomic E-state index is 12.1. The molecule has 1 amide bonds. The number of nitrogens with one attached hydrogen (secondary N) is 1. The molecule has 0 aromatic heterocycles. The standard InChI is InChI=1S/C12H14O4S.2C12H14O2.C11H14N2O.C10H12S/c1-12(2)7-16-10-5-4-8(17(3,14)15)6-9(10)11(12)13;1-8-4-5-11-9(6-8)10(13)7-12(2,3)14-11;1-8-4-5-10-9(6-8)11(13)12(2,3)7-14-10;1-11(2)10(14)12-8-13(11)9-6-4-3-5-7-9;1-10(2)7-8-5-3-4-6-9(8)11-10/h4-6H,7H2,1-3H3;2*4-6H,7H2,1-3H3;3-7H,8H2,1-2H3,(H,12,14);3-6H,7H2,1-2H3. The summed E-state index contributed by atoms with van der Waals surface area (Å²) in [6, 6.07) is 34.5. The van der Waals surface area contributed by atoms with Crippen LogP contribution in [0.2, 0.25) is 0 Å². The molecule has 11 nitrogen and oxygen atoms in total. The van der Waals surface area contributed by atoms with Crippen LogP contribution in [0.3, 0.4) is 0 Å². The second-order valence-electron chi connectivity index (χ2n) is 21.5. The Morgan fingerprint density at radius 2 is 1.11 bits per heavy atom. The molecule has 1 saturated heterocycles. The average Bonchev–Trinajstić information content (AvgIpc) is 3.75. The lowest BCUT2D eigenvalue weighted by Crippen LogP contribution is -2.43. The average molecular weight is 989 g/mol. The number of ether oxygens (including phenoxy) is 3. The Bertz CT molecular complexity index is 2880. The molecule has 1 fully saturated rings. The first kappa shape index (κ1) is 53.4. The summed E-state index contributed by atoms with van der Waals surface area (Å²) >= 11 is 1.99. The van der Waals surface area contributed by atoms with Crippen LogP contribution in [0.25, 0.3) is 0 Å². The Hall–Kier alpha value is -5.92. The molecule has 5 heterocycles. The largest absolute Gasteiger partial charge is 0.492 e. The minimum absolute atomic E-state index is 0.0794. The third-order valence-electron chi connectivity index (χ3n) is 12.5. The smallest absolute Gasteiger partial charge is 0.246 e. The van der Waals surface area contributed by atoms with Crippen molar-refractivity contribution in [3.05, 3.63) is 143 Å². The van der Waals surface area contributed by atoms with Crippen molar-refractivity contribution in [2.75, 3.05) is 31.0 Å². The summed E-state index contributed by atoms with van der Waals surface area (Å²) < 4.78 is 40.0.